The summed E-state index contributed by atoms with van der Waals surface area (Å²) in [7, 11) is -1.66. The zero-order valence-electron chi connectivity index (χ0n) is 5.53. The third kappa shape index (κ3) is 1.66. The molecule has 1 aromatic rings. The van der Waals surface area contributed by atoms with E-state index in [1.54, 1.807) is 0 Å². The molecule has 0 aliphatic heterocycles. The van der Waals surface area contributed by atoms with Gasteiger partial charge in [-0.15, -0.1) is 0 Å². The highest BCUT2D eigenvalue weighted by atomic mass is 19.1. The second kappa shape index (κ2) is 2.85. The average Bonchev–Trinajstić information content (AvgIpc) is 1.94. The molecule has 0 unspecified atom stereocenters. The van der Waals surface area contributed by atoms with Crippen LogP contribution in [0.5, 0.6) is 0 Å². The molecule has 58 valence electrons. The van der Waals surface area contributed by atoms with E-state index in [9.17, 15) is 4.39 Å². The van der Waals surface area contributed by atoms with Gasteiger partial charge < -0.3 is 15.8 Å². The van der Waals surface area contributed by atoms with Gasteiger partial charge in [0, 0.05) is 11.7 Å². The maximum absolute atomic E-state index is 12.4. The second-order valence-electron chi connectivity index (χ2n) is 2.02. The summed E-state index contributed by atoms with van der Waals surface area (Å²) in [6, 6.07) is 1.12. The zero-order chi connectivity index (χ0) is 8.43. The van der Waals surface area contributed by atoms with Gasteiger partial charge in [-0.2, -0.15) is 4.39 Å². The summed E-state index contributed by atoms with van der Waals surface area (Å²) >= 11 is 0. The Balaban J connectivity index is 3.05. The van der Waals surface area contributed by atoms with Crippen LogP contribution in [0.3, 0.4) is 0 Å². The van der Waals surface area contributed by atoms with Crippen molar-refractivity contribution < 1.29 is 14.4 Å². The minimum atomic E-state index is -1.66. The van der Waals surface area contributed by atoms with E-state index < -0.39 is 13.1 Å². The zero-order valence-corrected chi connectivity index (χ0v) is 5.53. The first-order chi connectivity index (χ1) is 5.11. The van der Waals surface area contributed by atoms with Crippen molar-refractivity contribution in [2.45, 2.75) is 0 Å². The predicted molar refractivity (Wildman–Crippen MR) is 38.4 cm³/mol. The fourth-order valence-electron chi connectivity index (χ4n) is 0.623. The van der Waals surface area contributed by atoms with E-state index in [1.807, 2.05) is 0 Å². The quantitative estimate of drug-likeness (QED) is 0.340. The lowest BCUT2D eigenvalue weighted by molar-refractivity contribution is 0.425. The number of pyridine rings is 1. The summed E-state index contributed by atoms with van der Waals surface area (Å²) in [5.74, 6) is -0.811. The van der Waals surface area contributed by atoms with E-state index in [0.717, 1.165) is 12.3 Å². The standard InChI is InChI=1S/C5H6BFN2O2/c7-5-4(8)1-3(2-9-5)6(10)11/h1-2,10-11H,8H2. The molecule has 11 heavy (non-hydrogen) atoms. The molecule has 0 spiro atoms. The number of aromatic nitrogens is 1. The van der Waals surface area contributed by atoms with Crippen LogP contribution in [0.2, 0.25) is 0 Å². The molecule has 0 radical (unpaired) electrons. The molecule has 1 heterocycles. The first kappa shape index (κ1) is 7.97. The lowest BCUT2D eigenvalue weighted by Crippen LogP contribution is -2.30. The Bertz CT molecular complexity index is 269. The molecular weight excluding hydrogens is 150 g/mol. The van der Waals surface area contributed by atoms with Crippen molar-refractivity contribution in [3.63, 3.8) is 0 Å². The highest BCUT2D eigenvalue weighted by molar-refractivity contribution is 6.58. The fourth-order valence-corrected chi connectivity index (χ4v) is 0.623. The molecule has 1 rings (SSSR count). The van der Waals surface area contributed by atoms with Gasteiger partial charge in [0.25, 0.3) is 0 Å². The number of hydrogen-bond acceptors (Lipinski definition) is 4. The normalized spacial score (nSPS) is 9.73. The monoisotopic (exact) mass is 156 g/mol. The molecule has 0 aliphatic carbocycles. The van der Waals surface area contributed by atoms with E-state index in [-0.39, 0.29) is 11.2 Å². The highest BCUT2D eigenvalue weighted by Crippen LogP contribution is 2.01. The van der Waals surface area contributed by atoms with Gasteiger partial charge >= 0.3 is 7.12 Å². The number of nitrogens with two attached hydrogens (primary N) is 1. The molecule has 1 aromatic heterocycles. The van der Waals surface area contributed by atoms with Gasteiger partial charge in [0.15, 0.2) is 0 Å². The highest BCUT2D eigenvalue weighted by Gasteiger charge is 2.12. The topological polar surface area (TPSA) is 79.4 Å². The summed E-state index contributed by atoms with van der Waals surface area (Å²) in [6.07, 6.45) is 1.01. The van der Waals surface area contributed by atoms with Crippen molar-refractivity contribution in [3.8, 4) is 0 Å². The Kier molecular flexibility index (Phi) is 2.07. The molecule has 0 aliphatic rings. The first-order valence-corrected chi connectivity index (χ1v) is 2.88. The van der Waals surface area contributed by atoms with Crippen molar-refractivity contribution in [2.24, 2.45) is 0 Å². The largest absolute Gasteiger partial charge is 0.490 e. The molecule has 4 nitrogen and oxygen atoms in total. The number of hydrogen-bond donors (Lipinski definition) is 3. The van der Waals surface area contributed by atoms with E-state index in [0.29, 0.717) is 0 Å². The Morgan fingerprint density at radius 2 is 2.18 bits per heavy atom. The van der Waals surface area contributed by atoms with Gasteiger partial charge in [0.1, 0.15) is 0 Å². The van der Waals surface area contributed by atoms with Gasteiger partial charge in [-0.3, -0.25) is 0 Å². The lowest BCUT2D eigenvalue weighted by atomic mass is 9.81. The van der Waals surface area contributed by atoms with E-state index in [1.165, 1.54) is 0 Å². The summed E-state index contributed by atoms with van der Waals surface area (Å²) in [4.78, 5) is 3.19. The van der Waals surface area contributed by atoms with Gasteiger partial charge in [0.05, 0.1) is 5.69 Å². The Labute approximate surface area is 62.6 Å². The van der Waals surface area contributed by atoms with Gasteiger partial charge in [-0.1, -0.05) is 0 Å². The predicted octanol–water partition coefficient (Wildman–Crippen LogP) is -1.52. The fraction of sp³-hybridized carbons (Fsp3) is 0. The van der Waals surface area contributed by atoms with Crippen molar-refractivity contribution >= 4 is 18.3 Å². The van der Waals surface area contributed by atoms with Crippen molar-refractivity contribution in [1.29, 1.82) is 0 Å². The van der Waals surface area contributed by atoms with Crippen LogP contribution in [0.25, 0.3) is 0 Å². The van der Waals surface area contributed by atoms with Gasteiger partial charge in [0.2, 0.25) is 5.95 Å². The second-order valence-corrected chi connectivity index (χ2v) is 2.02. The first-order valence-electron chi connectivity index (χ1n) is 2.88. The van der Waals surface area contributed by atoms with Crippen LogP contribution in [-0.4, -0.2) is 22.2 Å². The number of rotatable bonds is 1. The smallest absolute Gasteiger partial charge is 0.423 e. The van der Waals surface area contributed by atoms with Gasteiger partial charge in [-0.05, 0) is 6.07 Å². The van der Waals surface area contributed by atoms with Crippen molar-refractivity contribution in [1.82, 2.24) is 4.98 Å². The molecule has 0 amide bonds. The molecule has 4 N–H and O–H groups in total. The number of nitrogens with zero attached hydrogens (tertiary/aromatic N) is 1. The summed E-state index contributed by atoms with van der Waals surface area (Å²) in [6.45, 7) is 0. The molecular formula is C5H6BFN2O2. The molecule has 0 fully saturated rings. The van der Waals surface area contributed by atoms with Crippen LogP contribution in [0.4, 0.5) is 10.1 Å². The third-order valence-corrected chi connectivity index (χ3v) is 1.19. The molecule has 0 saturated heterocycles. The minimum Gasteiger partial charge on any atom is -0.423 e. The van der Waals surface area contributed by atoms with Crippen LogP contribution in [0, 0.1) is 5.95 Å². The molecule has 0 aromatic carbocycles. The van der Waals surface area contributed by atoms with Crippen molar-refractivity contribution in [3.05, 3.63) is 18.2 Å². The molecule has 0 atom stereocenters. The lowest BCUT2D eigenvalue weighted by Gasteiger charge is -1.99. The van der Waals surface area contributed by atoms with E-state index in [4.69, 9.17) is 15.8 Å². The van der Waals surface area contributed by atoms with Crippen LogP contribution in [-0.2, 0) is 0 Å². The average molecular weight is 156 g/mol. The third-order valence-electron chi connectivity index (χ3n) is 1.19. The summed E-state index contributed by atoms with van der Waals surface area (Å²) in [5, 5.41) is 17.2. The Morgan fingerprint density at radius 3 is 2.64 bits per heavy atom. The van der Waals surface area contributed by atoms with Gasteiger partial charge in [-0.25, -0.2) is 4.98 Å². The van der Waals surface area contributed by atoms with E-state index >= 15 is 0 Å². The van der Waals surface area contributed by atoms with Crippen molar-refractivity contribution in [2.75, 3.05) is 5.73 Å². The summed E-state index contributed by atoms with van der Waals surface area (Å²) in [5.41, 5.74) is 4.97. The Hall–Kier alpha value is -1.14. The SMILES string of the molecule is Nc1cc(B(O)O)cnc1F. The molecule has 0 saturated carbocycles. The van der Waals surface area contributed by atoms with Crippen LogP contribution >= 0.6 is 0 Å². The van der Waals surface area contributed by atoms with Crippen LogP contribution < -0.4 is 11.2 Å². The minimum absolute atomic E-state index is 0.0731. The van der Waals surface area contributed by atoms with E-state index in [2.05, 4.69) is 4.98 Å². The Morgan fingerprint density at radius 1 is 1.55 bits per heavy atom. The van der Waals surface area contributed by atoms with Crippen LogP contribution in [0.1, 0.15) is 0 Å². The number of halogens is 1. The molecule has 6 heteroatoms. The summed E-state index contributed by atoms with van der Waals surface area (Å²) < 4.78 is 12.4. The maximum Gasteiger partial charge on any atom is 0.490 e. The number of anilines is 1. The number of nitrogen functional groups attached to an aromatic ring is 1. The molecule has 0 bridgehead atoms. The maximum atomic E-state index is 12.4. The van der Waals surface area contributed by atoms with Crippen LogP contribution in [0.15, 0.2) is 12.3 Å².